The fourth-order valence-electron chi connectivity index (χ4n) is 2.29. The summed E-state index contributed by atoms with van der Waals surface area (Å²) >= 11 is 0. The van der Waals surface area contributed by atoms with Gasteiger partial charge in [0, 0.05) is 5.69 Å². The van der Waals surface area contributed by atoms with Crippen LogP contribution in [0, 0.1) is 0 Å². The van der Waals surface area contributed by atoms with E-state index < -0.39 is 0 Å². The second-order valence-corrected chi connectivity index (χ2v) is 5.97. The van der Waals surface area contributed by atoms with E-state index in [0.717, 1.165) is 12.2 Å². The highest BCUT2D eigenvalue weighted by Crippen LogP contribution is 2.10. The molecule has 0 saturated carbocycles. The maximum absolute atomic E-state index is 5.60. The predicted octanol–water partition coefficient (Wildman–Crippen LogP) is 5.57. The second-order valence-electron chi connectivity index (χ2n) is 5.97. The second kappa shape index (κ2) is 16.4. The Labute approximate surface area is 138 Å². The number of unbranched alkanes of at least 4 members (excludes halogenated alkanes) is 6. The largest absolute Gasteiger partial charge is 0.399 e. The van der Waals surface area contributed by atoms with E-state index in [4.69, 9.17) is 5.73 Å². The highest BCUT2D eigenvalue weighted by Gasteiger charge is 1.92. The van der Waals surface area contributed by atoms with Crippen LogP contribution in [0.4, 0.5) is 5.69 Å². The first-order chi connectivity index (χ1) is 10.7. The van der Waals surface area contributed by atoms with Crippen molar-refractivity contribution in [3.05, 3.63) is 29.8 Å². The van der Waals surface area contributed by atoms with E-state index in [2.05, 4.69) is 38.2 Å². The van der Waals surface area contributed by atoms with Gasteiger partial charge < -0.3 is 11.1 Å². The molecule has 0 saturated heterocycles. The fraction of sp³-hybridized carbons (Fsp3) is 0.700. The maximum atomic E-state index is 5.60. The van der Waals surface area contributed by atoms with Gasteiger partial charge in [0.1, 0.15) is 0 Å². The van der Waals surface area contributed by atoms with Gasteiger partial charge in [-0.15, -0.1) is 0 Å². The first kappa shape index (κ1) is 21.0. The predicted molar refractivity (Wildman–Crippen MR) is 101 cm³/mol. The number of nitrogen functional groups attached to an aromatic ring is 1. The van der Waals surface area contributed by atoms with Gasteiger partial charge >= 0.3 is 0 Å². The van der Waals surface area contributed by atoms with Crippen molar-refractivity contribution < 1.29 is 0 Å². The fourth-order valence-corrected chi connectivity index (χ4v) is 2.29. The molecular weight excluding hydrogens is 268 g/mol. The molecule has 1 rings (SSSR count). The van der Waals surface area contributed by atoms with Crippen molar-refractivity contribution in [1.29, 1.82) is 0 Å². The molecule has 2 heteroatoms. The van der Waals surface area contributed by atoms with Crippen molar-refractivity contribution in [2.24, 2.45) is 0 Å². The molecule has 0 spiro atoms. The van der Waals surface area contributed by atoms with E-state index in [1.807, 2.05) is 12.1 Å². The summed E-state index contributed by atoms with van der Waals surface area (Å²) in [7, 11) is 0. The van der Waals surface area contributed by atoms with Crippen LogP contribution in [0.15, 0.2) is 24.3 Å². The van der Waals surface area contributed by atoms with Crippen LogP contribution in [0.2, 0.25) is 0 Å². The molecule has 22 heavy (non-hydrogen) atoms. The first-order valence-corrected chi connectivity index (χ1v) is 9.29. The van der Waals surface area contributed by atoms with Crippen LogP contribution in [-0.2, 0) is 6.42 Å². The number of hydrogen-bond acceptors (Lipinski definition) is 2. The van der Waals surface area contributed by atoms with E-state index in [-0.39, 0.29) is 0 Å². The van der Waals surface area contributed by atoms with Gasteiger partial charge in [0.15, 0.2) is 0 Å². The number of nitrogens with one attached hydrogen (secondary N) is 1. The zero-order valence-electron chi connectivity index (χ0n) is 15.2. The maximum Gasteiger partial charge on any atom is 0.0314 e. The number of nitrogens with two attached hydrogens (primary N) is 1. The number of hydrogen-bond donors (Lipinski definition) is 2. The van der Waals surface area contributed by atoms with Gasteiger partial charge in [0.25, 0.3) is 0 Å². The molecule has 0 unspecified atom stereocenters. The SMILES string of the molecule is CCCCCCNCC.CCCCCCc1ccc(N)cc1. The van der Waals surface area contributed by atoms with E-state index >= 15 is 0 Å². The third-order valence-electron chi connectivity index (χ3n) is 3.76. The van der Waals surface area contributed by atoms with E-state index in [1.54, 1.807) is 0 Å². The third kappa shape index (κ3) is 13.9. The Morgan fingerprint density at radius 1 is 0.773 bits per heavy atom. The molecule has 2 nitrogen and oxygen atoms in total. The van der Waals surface area contributed by atoms with Gasteiger partial charge in [-0.05, 0) is 50.0 Å². The highest BCUT2D eigenvalue weighted by atomic mass is 14.8. The summed E-state index contributed by atoms with van der Waals surface area (Å²) in [6, 6.07) is 8.22. The molecule has 1 aromatic rings. The van der Waals surface area contributed by atoms with Crippen molar-refractivity contribution in [3.63, 3.8) is 0 Å². The number of benzene rings is 1. The minimum absolute atomic E-state index is 0.859. The van der Waals surface area contributed by atoms with E-state index in [9.17, 15) is 0 Å². The molecule has 0 atom stereocenters. The molecule has 0 heterocycles. The minimum Gasteiger partial charge on any atom is -0.399 e. The van der Waals surface area contributed by atoms with Crippen LogP contribution in [0.5, 0.6) is 0 Å². The Balaban J connectivity index is 0.000000433. The summed E-state index contributed by atoms with van der Waals surface area (Å²) in [6.07, 6.45) is 12.0. The molecule has 0 aromatic heterocycles. The average molecular weight is 307 g/mol. The minimum atomic E-state index is 0.859. The first-order valence-electron chi connectivity index (χ1n) is 9.29. The molecule has 1 aromatic carbocycles. The van der Waals surface area contributed by atoms with Crippen molar-refractivity contribution >= 4 is 5.69 Å². The van der Waals surface area contributed by atoms with Crippen molar-refractivity contribution in [3.8, 4) is 0 Å². The normalized spacial score (nSPS) is 10.1. The van der Waals surface area contributed by atoms with Gasteiger partial charge in [-0.1, -0.05) is 71.4 Å². The quantitative estimate of drug-likeness (QED) is 0.414. The van der Waals surface area contributed by atoms with Crippen LogP contribution < -0.4 is 11.1 Å². The lowest BCUT2D eigenvalue weighted by Crippen LogP contribution is -2.13. The molecule has 0 aliphatic rings. The van der Waals surface area contributed by atoms with Crippen molar-refractivity contribution in [2.75, 3.05) is 18.8 Å². The smallest absolute Gasteiger partial charge is 0.0314 e. The zero-order valence-corrected chi connectivity index (χ0v) is 15.2. The lowest BCUT2D eigenvalue weighted by Gasteiger charge is -2.01. The molecule has 3 N–H and O–H groups in total. The average Bonchev–Trinajstić information content (AvgIpc) is 2.54. The van der Waals surface area contributed by atoms with Gasteiger partial charge in [-0.2, -0.15) is 0 Å². The van der Waals surface area contributed by atoms with Crippen LogP contribution in [0.25, 0.3) is 0 Å². The van der Waals surface area contributed by atoms with Crippen LogP contribution >= 0.6 is 0 Å². The monoisotopic (exact) mass is 306 g/mol. The molecule has 128 valence electrons. The summed E-state index contributed by atoms with van der Waals surface area (Å²) in [5.74, 6) is 0. The summed E-state index contributed by atoms with van der Waals surface area (Å²) in [5.41, 5.74) is 7.87. The van der Waals surface area contributed by atoms with Crippen LogP contribution in [0.1, 0.15) is 77.7 Å². The topological polar surface area (TPSA) is 38.0 Å². The van der Waals surface area contributed by atoms with Crippen LogP contribution in [0.3, 0.4) is 0 Å². The summed E-state index contributed by atoms with van der Waals surface area (Å²) < 4.78 is 0. The zero-order chi connectivity index (χ0) is 16.5. The Bertz CT molecular complexity index is 313. The number of aryl methyl sites for hydroxylation is 1. The lowest BCUT2D eigenvalue weighted by molar-refractivity contribution is 0.611. The Morgan fingerprint density at radius 3 is 1.91 bits per heavy atom. The van der Waals surface area contributed by atoms with Gasteiger partial charge in [-0.3, -0.25) is 0 Å². The summed E-state index contributed by atoms with van der Waals surface area (Å²) in [5, 5.41) is 3.31. The lowest BCUT2D eigenvalue weighted by atomic mass is 10.1. The van der Waals surface area contributed by atoms with Gasteiger partial charge in [0.2, 0.25) is 0 Å². The number of rotatable bonds is 11. The van der Waals surface area contributed by atoms with Crippen molar-refractivity contribution in [2.45, 2.75) is 78.6 Å². The number of anilines is 1. The molecule has 0 fully saturated rings. The van der Waals surface area contributed by atoms with E-state index in [1.165, 1.54) is 69.9 Å². The Morgan fingerprint density at radius 2 is 1.36 bits per heavy atom. The third-order valence-corrected chi connectivity index (χ3v) is 3.76. The molecule has 0 radical (unpaired) electrons. The summed E-state index contributed by atoms with van der Waals surface area (Å²) in [6.45, 7) is 8.96. The Hall–Kier alpha value is -1.02. The standard InChI is InChI=1S/C12H19N.C8H19N/c1-2-3-4-5-6-11-7-9-12(13)10-8-11;1-3-5-6-7-8-9-4-2/h7-10H,2-6,13H2,1H3;9H,3-8H2,1-2H3. The summed E-state index contributed by atoms with van der Waals surface area (Å²) in [4.78, 5) is 0. The molecular formula is C20H38N2. The Kier molecular flexibility index (Phi) is 15.6. The van der Waals surface area contributed by atoms with Gasteiger partial charge in [-0.25, -0.2) is 0 Å². The van der Waals surface area contributed by atoms with Crippen LogP contribution in [-0.4, -0.2) is 13.1 Å². The van der Waals surface area contributed by atoms with Gasteiger partial charge in [0.05, 0.1) is 0 Å². The highest BCUT2D eigenvalue weighted by molar-refractivity contribution is 5.39. The van der Waals surface area contributed by atoms with Crippen molar-refractivity contribution in [1.82, 2.24) is 5.32 Å². The van der Waals surface area contributed by atoms with E-state index in [0.29, 0.717) is 0 Å². The molecule has 0 aliphatic heterocycles. The molecule has 0 amide bonds. The molecule has 0 aliphatic carbocycles. The molecule has 0 bridgehead atoms.